The first kappa shape index (κ1) is 29.6. The number of fused-ring (bicyclic) bond motifs is 1. The van der Waals surface area contributed by atoms with Crippen molar-refractivity contribution in [1.29, 1.82) is 5.26 Å². The van der Waals surface area contributed by atoms with Crippen LogP contribution < -0.4 is 10.1 Å². The van der Waals surface area contributed by atoms with Gasteiger partial charge in [0.1, 0.15) is 23.8 Å². The van der Waals surface area contributed by atoms with Gasteiger partial charge in [0, 0.05) is 27.4 Å². The van der Waals surface area contributed by atoms with E-state index in [2.05, 4.69) is 46.1 Å². The Morgan fingerprint density at radius 2 is 1.97 bits per heavy atom. The Balaban J connectivity index is 1.68. The maximum absolute atomic E-state index is 11.6. The highest BCUT2D eigenvalue weighted by Gasteiger charge is 2.34. The maximum Gasteiger partial charge on any atom is 0.353 e. The molecule has 0 saturated carbocycles. The third-order valence-electron chi connectivity index (χ3n) is 5.70. The van der Waals surface area contributed by atoms with Crippen LogP contribution >= 0.6 is 23.2 Å². The number of nitrogens with one attached hydrogen (secondary N) is 1. The molecule has 3 aromatic heterocycles. The number of halogens is 2. The molecule has 0 radical (unpaired) electrons. The number of nitro groups is 1. The minimum absolute atomic E-state index is 0.0548. The van der Waals surface area contributed by atoms with Gasteiger partial charge in [0.25, 0.3) is 5.88 Å². The van der Waals surface area contributed by atoms with Crippen LogP contribution in [0.4, 0.5) is 11.5 Å². The SMILES string of the molecule is Cc1nn(C(C)(C)C#N)c(OCCCNc2nc(Cl)nc3c2c(Cl)cn3COCC[Si](C)(C)C)c1[N+](=O)[O-]. The molecule has 0 spiro atoms. The fourth-order valence-electron chi connectivity index (χ4n) is 3.59. The van der Waals surface area contributed by atoms with Crippen LogP contribution in [0.15, 0.2) is 6.20 Å². The lowest BCUT2D eigenvalue weighted by Gasteiger charge is -2.18. The summed E-state index contributed by atoms with van der Waals surface area (Å²) in [5, 5.41) is 29.6. The molecule has 1 N–H and O–H groups in total. The molecular formula is C23H32Cl2N8O4Si. The molecule has 0 aliphatic carbocycles. The van der Waals surface area contributed by atoms with Gasteiger partial charge >= 0.3 is 5.69 Å². The molecule has 0 amide bonds. The highest BCUT2D eigenvalue weighted by molar-refractivity contribution is 6.76. The van der Waals surface area contributed by atoms with Gasteiger partial charge in [-0.3, -0.25) is 10.1 Å². The number of nitriles is 1. The normalized spacial score (nSPS) is 12.1. The monoisotopic (exact) mass is 582 g/mol. The van der Waals surface area contributed by atoms with Gasteiger partial charge in [-0.25, -0.2) is 4.68 Å². The summed E-state index contributed by atoms with van der Waals surface area (Å²) in [6.45, 7) is 13.1. The van der Waals surface area contributed by atoms with E-state index in [1.807, 2.05) is 0 Å². The van der Waals surface area contributed by atoms with Crippen LogP contribution in [0.1, 0.15) is 26.0 Å². The molecule has 3 aromatic rings. The number of rotatable bonds is 13. The molecule has 206 valence electrons. The largest absolute Gasteiger partial charge is 0.473 e. The molecule has 15 heteroatoms. The van der Waals surface area contributed by atoms with Gasteiger partial charge in [-0.05, 0) is 44.8 Å². The maximum atomic E-state index is 11.6. The Morgan fingerprint density at radius 1 is 1.26 bits per heavy atom. The average molecular weight is 584 g/mol. The Kier molecular flexibility index (Phi) is 9.24. The second-order valence-electron chi connectivity index (χ2n) is 10.5. The fourth-order valence-corrected chi connectivity index (χ4v) is 4.80. The second-order valence-corrected chi connectivity index (χ2v) is 16.9. The molecule has 0 aliphatic rings. The van der Waals surface area contributed by atoms with Gasteiger partial charge in [0.15, 0.2) is 5.65 Å². The summed E-state index contributed by atoms with van der Waals surface area (Å²) in [5.41, 5.74) is -0.660. The van der Waals surface area contributed by atoms with Crippen molar-refractivity contribution < 1.29 is 14.4 Å². The lowest BCUT2D eigenvalue weighted by atomic mass is 10.1. The van der Waals surface area contributed by atoms with Crippen LogP contribution in [0, 0.1) is 28.4 Å². The number of ether oxygens (including phenoxy) is 2. The molecule has 0 saturated heterocycles. The van der Waals surface area contributed by atoms with Crippen LogP contribution in [0.25, 0.3) is 11.0 Å². The van der Waals surface area contributed by atoms with Crippen LogP contribution in [-0.2, 0) is 17.0 Å². The Hall–Kier alpha value is -2.92. The quantitative estimate of drug-likeness (QED) is 0.0893. The fraction of sp³-hybridized carbons (Fsp3) is 0.565. The molecular weight excluding hydrogens is 551 g/mol. The third kappa shape index (κ3) is 6.93. The van der Waals surface area contributed by atoms with E-state index in [0.717, 1.165) is 6.04 Å². The molecule has 0 unspecified atom stereocenters. The van der Waals surface area contributed by atoms with E-state index < -0.39 is 18.5 Å². The Labute approximate surface area is 232 Å². The summed E-state index contributed by atoms with van der Waals surface area (Å²) < 4.78 is 14.6. The average Bonchev–Trinajstić information content (AvgIpc) is 3.32. The summed E-state index contributed by atoms with van der Waals surface area (Å²) in [6, 6.07) is 3.13. The van der Waals surface area contributed by atoms with Crippen LogP contribution in [0.3, 0.4) is 0 Å². The van der Waals surface area contributed by atoms with Crippen molar-refractivity contribution in [3.05, 3.63) is 32.3 Å². The van der Waals surface area contributed by atoms with Gasteiger partial charge in [-0.2, -0.15) is 20.3 Å². The molecule has 12 nitrogen and oxygen atoms in total. The summed E-state index contributed by atoms with van der Waals surface area (Å²) in [4.78, 5) is 19.7. The first-order valence-corrected chi connectivity index (χ1v) is 16.5. The van der Waals surface area contributed by atoms with Crippen LogP contribution in [0.5, 0.6) is 5.88 Å². The van der Waals surface area contributed by atoms with E-state index in [0.29, 0.717) is 48.2 Å². The summed E-state index contributed by atoms with van der Waals surface area (Å²) >= 11 is 12.7. The molecule has 3 heterocycles. The minimum Gasteiger partial charge on any atom is -0.473 e. The highest BCUT2D eigenvalue weighted by Crippen LogP contribution is 2.35. The number of hydrogen-bond donors (Lipinski definition) is 1. The zero-order valence-corrected chi connectivity index (χ0v) is 24.9. The molecule has 3 rings (SSSR count). The molecule has 0 aliphatic heterocycles. The van der Waals surface area contributed by atoms with E-state index in [1.165, 1.54) is 11.6 Å². The van der Waals surface area contributed by atoms with Gasteiger partial charge in [0.05, 0.1) is 28.0 Å². The lowest BCUT2D eigenvalue weighted by Crippen LogP contribution is -2.26. The molecule has 0 atom stereocenters. The van der Waals surface area contributed by atoms with Crippen LogP contribution in [-0.4, -0.2) is 57.1 Å². The van der Waals surface area contributed by atoms with Crippen molar-refractivity contribution in [2.24, 2.45) is 0 Å². The predicted octanol–water partition coefficient (Wildman–Crippen LogP) is 5.60. The second kappa shape index (κ2) is 11.9. The van der Waals surface area contributed by atoms with E-state index in [-0.39, 0.29) is 29.2 Å². The summed E-state index contributed by atoms with van der Waals surface area (Å²) in [7, 11) is -1.21. The van der Waals surface area contributed by atoms with E-state index in [9.17, 15) is 15.4 Å². The number of anilines is 1. The smallest absolute Gasteiger partial charge is 0.353 e. The number of aromatic nitrogens is 5. The highest BCUT2D eigenvalue weighted by atomic mass is 35.5. The standard InChI is InChI=1S/C23H32Cl2N8O4Si/c1-15-18(33(34)35)21(32(30-15)23(2,3)13-26)37-9-7-8-27-19-17-16(24)12-31(20(17)29-22(25)28-19)14-36-10-11-38(4,5)6/h12H,7-11,14H2,1-6H3,(H,27,28,29). The van der Waals surface area contributed by atoms with Crippen molar-refractivity contribution in [2.45, 2.75) is 65.1 Å². The Bertz CT molecular complexity index is 1360. The zero-order chi connectivity index (χ0) is 28.3. The summed E-state index contributed by atoms with van der Waals surface area (Å²) in [5.74, 6) is 0.407. The zero-order valence-electron chi connectivity index (χ0n) is 22.3. The van der Waals surface area contributed by atoms with Crippen LogP contribution in [0.2, 0.25) is 36.0 Å². The van der Waals surface area contributed by atoms with Crippen molar-refractivity contribution in [2.75, 3.05) is 25.1 Å². The van der Waals surface area contributed by atoms with E-state index >= 15 is 0 Å². The molecule has 0 bridgehead atoms. The lowest BCUT2D eigenvalue weighted by molar-refractivity contribution is -0.386. The van der Waals surface area contributed by atoms with Crippen molar-refractivity contribution in [3.63, 3.8) is 0 Å². The summed E-state index contributed by atoms with van der Waals surface area (Å²) in [6.07, 6.45) is 2.19. The minimum atomic E-state index is -1.21. The molecule has 0 fully saturated rings. The predicted molar refractivity (Wildman–Crippen MR) is 149 cm³/mol. The van der Waals surface area contributed by atoms with Crippen molar-refractivity contribution in [3.8, 4) is 11.9 Å². The van der Waals surface area contributed by atoms with E-state index in [1.54, 1.807) is 24.6 Å². The number of hydrogen-bond acceptors (Lipinski definition) is 9. The first-order chi connectivity index (χ1) is 17.7. The topological polar surface area (TPSA) is 146 Å². The van der Waals surface area contributed by atoms with Crippen molar-refractivity contribution in [1.82, 2.24) is 24.3 Å². The molecule has 38 heavy (non-hydrogen) atoms. The third-order valence-corrected chi connectivity index (χ3v) is 7.85. The number of aryl methyl sites for hydroxylation is 1. The molecule has 0 aromatic carbocycles. The number of nitrogens with zero attached hydrogens (tertiary/aromatic N) is 7. The van der Waals surface area contributed by atoms with Crippen molar-refractivity contribution >= 4 is 53.8 Å². The van der Waals surface area contributed by atoms with Gasteiger partial charge in [0.2, 0.25) is 5.28 Å². The van der Waals surface area contributed by atoms with Gasteiger partial charge in [-0.1, -0.05) is 31.2 Å². The van der Waals surface area contributed by atoms with Gasteiger partial charge < -0.3 is 19.4 Å². The van der Waals surface area contributed by atoms with E-state index in [4.69, 9.17) is 32.7 Å². The first-order valence-electron chi connectivity index (χ1n) is 12.1. The van der Waals surface area contributed by atoms with Gasteiger partial charge in [-0.15, -0.1) is 0 Å². The Morgan fingerprint density at radius 3 is 2.61 bits per heavy atom.